The highest BCUT2D eigenvalue weighted by atomic mass is 35.5. The molecule has 0 spiro atoms. The van der Waals surface area contributed by atoms with Gasteiger partial charge in [-0.2, -0.15) is 0 Å². The summed E-state index contributed by atoms with van der Waals surface area (Å²) in [6, 6.07) is 15.7. The monoisotopic (exact) mass is 509 g/mol. The summed E-state index contributed by atoms with van der Waals surface area (Å²) in [4.78, 5) is 23.1. The Morgan fingerprint density at radius 3 is 2.66 bits per heavy atom. The topological polar surface area (TPSA) is 54.9 Å². The molecule has 1 aliphatic rings. The summed E-state index contributed by atoms with van der Waals surface area (Å²) in [5.41, 5.74) is 2.41. The molecule has 5 rings (SSSR count). The molecule has 1 fully saturated rings. The van der Waals surface area contributed by atoms with Crippen molar-refractivity contribution < 1.29 is 14.3 Å². The molecule has 1 aliphatic heterocycles. The maximum absolute atomic E-state index is 14.0. The molecular formula is C27H28ClN3O3S. The second kappa shape index (κ2) is 10.5. The highest BCUT2D eigenvalue weighted by Crippen LogP contribution is 2.35. The molecule has 4 aromatic rings. The highest BCUT2D eigenvalue weighted by Gasteiger charge is 2.25. The minimum absolute atomic E-state index is 0.114. The van der Waals surface area contributed by atoms with Crippen molar-refractivity contribution >= 4 is 55.0 Å². The van der Waals surface area contributed by atoms with Gasteiger partial charge in [-0.1, -0.05) is 47.2 Å². The summed E-state index contributed by atoms with van der Waals surface area (Å²) in [5.74, 6) is 0.449. The van der Waals surface area contributed by atoms with Crippen LogP contribution in [0.25, 0.3) is 21.0 Å². The van der Waals surface area contributed by atoms with E-state index in [1.807, 2.05) is 55.5 Å². The second-order valence-electron chi connectivity index (χ2n) is 8.73. The molecule has 3 aromatic carbocycles. The Balaban J connectivity index is 1.51. The number of methoxy groups -OCH3 is 1. The zero-order chi connectivity index (χ0) is 24.4. The van der Waals surface area contributed by atoms with Gasteiger partial charge in [-0.05, 0) is 53.9 Å². The van der Waals surface area contributed by atoms with Crippen molar-refractivity contribution in [2.75, 3.05) is 51.4 Å². The minimum atomic E-state index is -0.114. The van der Waals surface area contributed by atoms with Crippen molar-refractivity contribution in [3.8, 4) is 5.75 Å². The van der Waals surface area contributed by atoms with Gasteiger partial charge in [-0.25, -0.2) is 4.98 Å². The maximum Gasteiger partial charge on any atom is 0.263 e. The second-order valence-corrected chi connectivity index (χ2v) is 10.2. The molecule has 2 heterocycles. The lowest BCUT2D eigenvalue weighted by Gasteiger charge is -2.28. The van der Waals surface area contributed by atoms with E-state index in [-0.39, 0.29) is 5.91 Å². The number of fused-ring (bicyclic) bond motifs is 2. The van der Waals surface area contributed by atoms with Crippen LogP contribution in [0.2, 0.25) is 5.02 Å². The Morgan fingerprint density at radius 2 is 1.91 bits per heavy atom. The Morgan fingerprint density at radius 1 is 1.17 bits per heavy atom. The number of aromatic nitrogens is 1. The fourth-order valence-electron chi connectivity index (χ4n) is 4.52. The fraction of sp³-hybridized carbons (Fsp3) is 0.333. The smallest absolute Gasteiger partial charge is 0.263 e. The number of rotatable bonds is 7. The first kappa shape index (κ1) is 24.0. The first-order valence-electron chi connectivity index (χ1n) is 11.8. The third-order valence-electron chi connectivity index (χ3n) is 6.37. The van der Waals surface area contributed by atoms with Gasteiger partial charge in [0.15, 0.2) is 5.13 Å². The van der Waals surface area contributed by atoms with E-state index in [2.05, 4.69) is 4.90 Å². The van der Waals surface area contributed by atoms with Crippen LogP contribution < -0.4 is 9.64 Å². The predicted octanol–water partition coefficient (Wildman–Crippen LogP) is 5.79. The number of morpholine rings is 1. The third kappa shape index (κ3) is 5.14. The molecule has 35 heavy (non-hydrogen) atoms. The number of amides is 1. The van der Waals surface area contributed by atoms with Crippen molar-refractivity contribution in [3.05, 3.63) is 64.7 Å². The molecule has 0 saturated carbocycles. The van der Waals surface area contributed by atoms with Crippen molar-refractivity contribution in [2.24, 2.45) is 0 Å². The Bertz CT molecular complexity index is 1370. The van der Waals surface area contributed by atoms with Crippen molar-refractivity contribution in [1.82, 2.24) is 9.88 Å². The number of nitrogens with zero attached hydrogens (tertiary/aromatic N) is 3. The van der Waals surface area contributed by atoms with E-state index in [0.717, 1.165) is 65.8 Å². The van der Waals surface area contributed by atoms with Crippen LogP contribution in [-0.2, 0) is 4.74 Å². The van der Waals surface area contributed by atoms with E-state index in [1.165, 1.54) is 11.3 Å². The summed E-state index contributed by atoms with van der Waals surface area (Å²) < 4.78 is 12.1. The van der Waals surface area contributed by atoms with Gasteiger partial charge >= 0.3 is 0 Å². The summed E-state index contributed by atoms with van der Waals surface area (Å²) >= 11 is 7.80. The predicted molar refractivity (Wildman–Crippen MR) is 143 cm³/mol. The van der Waals surface area contributed by atoms with Crippen LogP contribution in [0.3, 0.4) is 0 Å². The SMILES string of the molecule is COc1cc2ccccc2cc1C(=O)N(CCCN1CCOCC1)c1nc2c(C)cc(Cl)cc2s1. The van der Waals surface area contributed by atoms with Crippen molar-refractivity contribution in [1.29, 1.82) is 0 Å². The molecule has 182 valence electrons. The van der Waals surface area contributed by atoms with Gasteiger partial charge in [0, 0.05) is 31.2 Å². The van der Waals surface area contributed by atoms with Crippen LogP contribution in [0, 0.1) is 6.92 Å². The molecule has 0 radical (unpaired) electrons. The highest BCUT2D eigenvalue weighted by molar-refractivity contribution is 7.22. The van der Waals surface area contributed by atoms with E-state index < -0.39 is 0 Å². The number of anilines is 1. The molecule has 0 N–H and O–H groups in total. The lowest BCUT2D eigenvalue weighted by Crippen LogP contribution is -2.39. The average molecular weight is 510 g/mol. The number of thiazole rings is 1. The largest absolute Gasteiger partial charge is 0.496 e. The molecule has 1 amide bonds. The summed E-state index contributed by atoms with van der Waals surface area (Å²) in [6.45, 7) is 6.81. The summed E-state index contributed by atoms with van der Waals surface area (Å²) in [6.07, 6.45) is 0.831. The fourth-order valence-corrected chi connectivity index (χ4v) is 5.96. The summed E-state index contributed by atoms with van der Waals surface area (Å²) in [5, 5.41) is 3.38. The van der Waals surface area contributed by atoms with Gasteiger partial charge in [-0.15, -0.1) is 0 Å². The van der Waals surface area contributed by atoms with Crippen LogP contribution in [0.1, 0.15) is 22.3 Å². The summed E-state index contributed by atoms with van der Waals surface area (Å²) in [7, 11) is 1.60. The van der Waals surface area contributed by atoms with E-state index in [0.29, 0.717) is 28.0 Å². The molecule has 0 unspecified atom stereocenters. The van der Waals surface area contributed by atoms with E-state index in [9.17, 15) is 4.79 Å². The third-order valence-corrected chi connectivity index (χ3v) is 7.62. The number of halogens is 1. The Kier molecular flexibility index (Phi) is 7.20. The van der Waals surface area contributed by atoms with Gasteiger partial charge in [0.2, 0.25) is 0 Å². The molecular weight excluding hydrogens is 482 g/mol. The quantitative estimate of drug-likeness (QED) is 0.315. The van der Waals surface area contributed by atoms with Crippen LogP contribution in [0.5, 0.6) is 5.75 Å². The number of carbonyl (C=O) groups excluding carboxylic acids is 1. The number of benzene rings is 3. The van der Waals surface area contributed by atoms with E-state index in [4.69, 9.17) is 26.1 Å². The standard InChI is InChI=1S/C27H28ClN3O3S/c1-18-14-21(28)17-24-25(18)29-27(35-24)31(9-5-8-30-10-12-34-13-11-30)26(32)22-15-19-6-3-4-7-20(19)16-23(22)33-2/h3-4,6-7,14-17H,5,8-13H2,1-2H3. The molecule has 0 aliphatic carbocycles. The first-order valence-corrected chi connectivity index (χ1v) is 13.0. The van der Waals surface area contributed by atoms with Crippen LogP contribution in [0.4, 0.5) is 5.13 Å². The maximum atomic E-state index is 14.0. The van der Waals surface area contributed by atoms with Crippen LogP contribution in [0.15, 0.2) is 48.5 Å². The first-order chi connectivity index (χ1) is 17.0. The molecule has 1 saturated heterocycles. The molecule has 0 bridgehead atoms. The van der Waals surface area contributed by atoms with Gasteiger partial charge in [-0.3, -0.25) is 14.6 Å². The number of hydrogen-bond donors (Lipinski definition) is 0. The lowest BCUT2D eigenvalue weighted by atomic mass is 10.0. The van der Waals surface area contributed by atoms with Gasteiger partial charge in [0.25, 0.3) is 5.91 Å². The Hall–Kier alpha value is -2.71. The molecule has 6 nitrogen and oxygen atoms in total. The van der Waals surface area contributed by atoms with Gasteiger partial charge in [0.1, 0.15) is 5.75 Å². The van der Waals surface area contributed by atoms with E-state index in [1.54, 1.807) is 12.0 Å². The van der Waals surface area contributed by atoms with Gasteiger partial charge < -0.3 is 9.47 Å². The van der Waals surface area contributed by atoms with Crippen LogP contribution >= 0.6 is 22.9 Å². The molecule has 1 aromatic heterocycles. The number of ether oxygens (including phenoxy) is 2. The molecule has 8 heteroatoms. The van der Waals surface area contributed by atoms with Crippen LogP contribution in [-0.4, -0.2) is 62.3 Å². The normalized spacial score (nSPS) is 14.5. The Labute approximate surface area is 214 Å². The van der Waals surface area contributed by atoms with E-state index >= 15 is 0 Å². The molecule has 0 atom stereocenters. The van der Waals surface area contributed by atoms with Crippen molar-refractivity contribution in [2.45, 2.75) is 13.3 Å². The number of aryl methyl sites for hydroxylation is 1. The number of carbonyl (C=O) groups is 1. The zero-order valence-electron chi connectivity index (χ0n) is 19.9. The van der Waals surface area contributed by atoms with Gasteiger partial charge in [0.05, 0.1) is 36.1 Å². The zero-order valence-corrected chi connectivity index (χ0v) is 21.5. The minimum Gasteiger partial charge on any atom is -0.496 e. The van der Waals surface area contributed by atoms with Crippen molar-refractivity contribution in [3.63, 3.8) is 0 Å². The lowest BCUT2D eigenvalue weighted by molar-refractivity contribution is 0.0376. The number of hydrogen-bond acceptors (Lipinski definition) is 6. The average Bonchev–Trinajstić information content (AvgIpc) is 3.30.